The average Bonchev–Trinajstić information content (AvgIpc) is 3.07. The molecule has 0 radical (unpaired) electrons. The number of nitrogens with zero attached hydrogens (tertiary/aromatic N) is 2. The highest BCUT2D eigenvalue weighted by atomic mass is 32.2. The molecular formula is C21H31N3OS2. The van der Waals surface area contributed by atoms with E-state index < -0.39 is 0 Å². The van der Waals surface area contributed by atoms with Crippen LogP contribution in [0.3, 0.4) is 0 Å². The highest BCUT2D eigenvalue weighted by Crippen LogP contribution is 2.30. The van der Waals surface area contributed by atoms with E-state index in [0.29, 0.717) is 5.13 Å². The van der Waals surface area contributed by atoms with Crippen LogP contribution in [0.25, 0.3) is 0 Å². The van der Waals surface area contributed by atoms with Gasteiger partial charge in [0.05, 0.1) is 0 Å². The number of thioether (sulfide) groups is 1. The van der Waals surface area contributed by atoms with Crippen molar-refractivity contribution in [2.45, 2.75) is 75.8 Å². The Morgan fingerprint density at radius 3 is 2.48 bits per heavy atom. The molecule has 0 aliphatic heterocycles. The van der Waals surface area contributed by atoms with Gasteiger partial charge in [0.1, 0.15) is 0 Å². The molecule has 0 fully saturated rings. The number of carbonyl (C=O) groups is 1. The summed E-state index contributed by atoms with van der Waals surface area (Å²) in [6.45, 7) is 10.9. The Hall–Kier alpha value is -1.40. The lowest BCUT2D eigenvalue weighted by atomic mass is 9.87. The molecule has 0 aliphatic carbocycles. The van der Waals surface area contributed by atoms with E-state index in [-0.39, 0.29) is 17.2 Å². The summed E-state index contributed by atoms with van der Waals surface area (Å²) in [5.74, 6) is 0.976. The number of amides is 1. The van der Waals surface area contributed by atoms with Crippen molar-refractivity contribution in [2.24, 2.45) is 5.92 Å². The summed E-state index contributed by atoms with van der Waals surface area (Å²) in [6, 6.07) is 8.75. The van der Waals surface area contributed by atoms with Crippen LogP contribution in [0.2, 0.25) is 0 Å². The molecule has 0 spiro atoms. The first kappa shape index (κ1) is 21.9. The van der Waals surface area contributed by atoms with Crippen molar-refractivity contribution < 1.29 is 4.79 Å². The lowest BCUT2D eigenvalue weighted by Crippen LogP contribution is -2.22. The minimum atomic E-state index is 0.0614. The Morgan fingerprint density at radius 1 is 1.19 bits per heavy atom. The molecule has 1 N–H and O–H groups in total. The first-order valence-electron chi connectivity index (χ1n) is 9.70. The van der Waals surface area contributed by atoms with E-state index >= 15 is 0 Å². The fourth-order valence-electron chi connectivity index (χ4n) is 2.74. The van der Waals surface area contributed by atoms with Crippen LogP contribution in [0.4, 0.5) is 5.13 Å². The van der Waals surface area contributed by atoms with Gasteiger partial charge in [0.2, 0.25) is 11.0 Å². The van der Waals surface area contributed by atoms with Crippen LogP contribution in [0.5, 0.6) is 0 Å². The first-order valence-corrected chi connectivity index (χ1v) is 11.5. The molecule has 1 amide bonds. The summed E-state index contributed by atoms with van der Waals surface area (Å²) < 4.78 is 0.881. The van der Waals surface area contributed by atoms with E-state index in [1.165, 1.54) is 22.5 Å². The van der Waals surface area contributed by atoms with Crippen LogP contribution in [0.15, 0.2) is 28.6 Å². The van der Waals surface area contributed by atoms with E-state index in [0.717, 1.165) is 35.8 Å². The van der Waals surface area contributed by atoms with Crippen LogP contribution in [0, 0.1) is 5.92 Å². The third-order valence-corrected chi connectivity index (χ3v) is 6.63. The maximum atomic E-state index is 12.4. The van der Waals surface area contributed by atoms with E-state index in [2.05, 4.69) is 74.4 Å². The molecule has 0 saturated heterocycles. The molecule has 4 nitrogen and oxygen atoms in total. The van der Waals surface area contributed by atoms with Crippen LogP contribution < -0.4 is 5.32 Å². The first-order chi connectivity index (χ1) is 12.8. The van der Waals surface area contributed by atoms with Gasteiger partial charge in [0, 0.05) is 11.7 Å². The van der Waals surface area contributed by atoms with Gasteiger partial charge in [-0.3, -0.25) is 4.79 Å². The summed E-state index contributed by atoms with van der Waals surface area (Å²) >= 11 is 3.10. The highest BCUT2D eigenvalue weighted by Gasteiger charge is 2.18. The Labute approximate surface area is 171 Å². The van der Waals surface area contributed by atoms with Crippen LogP contribution in [-0.4, -0.2) is 16.1 Å². The summed E-state index contributed by atoms with van der Waals surface area (Å²) in [5, 5.41) is 11.9. The van der Waals surface area contributed by atoms with Crippen LogP contribution in [0.1, 0.15) is 71.4 Å². The minimum Gasteiger partial charge on any atom is -0.300 e. The molecule has 1 atom stereocenters. The fourth-order valence-corrected chi connectivity index (χ4v) is 4.45. The third-order valence-electron chi connectivity index (χ3n) is 4.59. The predicted molar refractivity (Wildman–Crippen MR) is 117 cm³/mol. The summed E-state index contributed by atoms with van der Waals surface area (Å²) in [4.78, 5) is 12.4. The summed E-state index contributed by atoms with van der Waals surface area (Å²) in [5.41, 5.74) is 2.77. The second kappa shape index (κ2) is 10.2. The van der Waals surface area contributed by atoms with Crippen molar-refractivity contribution in [3.63, 3.8) is 0 Å². The summed E-state index contributed by atoms with van der Waals surface area (Å²) in [6.07, 6.45) is 3.98. The highest BCUT2D eigenvalue weighted by molar-refractivity contribution is 8.00. The molecule has 0 unspecified atom stereocenters. The van der Waals surface area contributed by atoms with Gasteiger partial charge in [-0.15, -0.1) is 10.2 Å². The smallest absolute Gasteiger partial charge is 0.229 e. The van der Waals surface area contributed by atoms with Crippen LogP contribution >= 0.6 is 23.1 Å². The van der Waals surface area contributed by atoms with Crippen LogP contribution in [-0.2, 0) is 16.0 Å². The maximum Gasteiger partial charge on any atom is 0.229 e. The second-order valence-corrected chi connectivity index (χ2v) is 10.0. The molecule has 0 bridgehead atoms. The Bertz CT molecular complexity index is 720. The lowest BCUT2D eigenvalue weighted by Gasteiger charge is -2.19. The monoisotopic (exact) mass is 405 g/mol. The maximum absolute atomic E-state index is 12.4. The third kappa shape index (κ3) is 6.92. The molecule has 1 heterocycles. The van der Waals surface area contributed by atoms with Crippen molar-refractivity contribution in [1.82, 2.24) is 10.2 Å². The molecular weight excluding hydrogens is 374 g/mol. The zero-order valence-electron chi connectivity index (χ0n) is 17.0. The largest absolute Gasteiger partial charge is 0.300 e. The number of hydrogen-bond donors (Lipinski definition) is 1. The second-order valence-electron chi connectivity index (χ2n) is 7.85. The Balaban J connectivity index is 1.87. The number of unbranched alkanes of at least 4 members (excludes halogenated alkanes) is 1. The molecule has 6 heteroatoms. The van der Waals surface area contributed by atoms with Crippen molar-refractivity contribution in [2.75, 3.05) is 5.32 Å². The lowest BCUT2D eigenvalue weighted by molar-refractivity contribution is -0.120. The standard InChI is InChI=1S/C21H31N3OS2/c1-6-8-9-16(7-2)18(25)22-19-23-24-20(27-19)26-14-15-10-12-17(13-11-15)21(3,4)5/h10-13,16H,6-9,14H2,1-5H3,(H,22,23,25)/t16-/m0/s1. The van der Waals surface area contributed by atoms with Gasteiger partial charge < -0.3 is 5.32 Å². The molecule has 1 aromatic carbocycles. The van der Waals surface area contributed by atoms with E-state index in [4.69, 9.17) is 0 Å². The number of hydrogen-bond acceptors (Lipinski definition) is 5. The normalized spacial score (nSPS) is 12.8. The number of anilines is 1. The summed E-state index contributed by atoms with van der Waals surface area (Å²) in [7, 11) is 0. The van der Waals surface area contributed by atoms with E-state index in [1.54, 1.807) is 11.8 Å². The van der Waals surface area contributed by atoms with Gasteiger partial charge in [0.25, 0.3) is 0 Å². The SMILES string of the molecule is CCCC[C@H](CC)C(=O)Nc1nnc(SCc2ccc(C(C)(C)C)cc2)s1. The van der Waals surface area contributed by atoms with Gasteiger partial charge in [0.15, 0.2) is 4.34 Å². The van der Waals surface area contributed by atoms with Crippen molar-refractivity contribution in [1.29, 1.82) is 0 Å². The Morgan fingerprint density at radius 2 is 1.89 bits per heavy atom. The number of benzene rings is 1. The molecule has 2 rings (SSSR count). The zero-order valence-corrected chi connectivity index (χ0v) is 18.7. The molecule has 1 aromatic heterocycles. The molecule has 27 heavy (non-hydrogen) atoms. The van der Waals surface area contributed by atoms with Crippen molar-refractivity contribution in [3.05, 3.63) is 35.4 Å². The van der Waals surface area contributed by atoms with E-state index in [1.807, 2.05) is 0 Å². The fraction of sp³-hybridized carbons (Fsp3) is 0.571. The minimum absolute atomic E-state index is 0.0614. The number of aromatic nitrogens is 2. The number of rotatable bonds is 9. The van der Waals surface area contributed by atoms with Gasteiger partial charge >= 0.3 is 0 Å². The molecule has 0 saturated carbocycles. The molecule has 0 aliphatic rings. The van der Waals surface area contributed by atoms with Gasteiger partial charge in [-0.2, -0.15) is 0 Å². The Kier molecular flexibility index (Phi) is 8.29. The topological polar surface area (TPSA) is 54.9 Å². The predicted octanol–water partition coefficient (Wildman–Crippen LogP) is 6.28. The van der Waals surface area contributed by atoms with Gasteiger partial charge in [-0.25, -0.2) is 0 Å². The quantitative estimate of drug-likeness (QED) is 0.394. The van der Waals surface area contributed by atoms with Crippen molar-refractivity contribution >= 4 is 34.1 Å². The molecule has 2 aromatic rings. The number of nitrogens with one attached hydrogen (secondary N) is 1. The van der Waals surface area contributed by atoms with Gasteiger partial charge in [-0.1, -0.05) is 94.8 Å². The van der Waals surface area contributed by atoms with Gasteiger partial charge in [-0.05, 0) is 29.4 Å². The number of carbonyl (C=O) groups excluding carboxylic acids is 1. The van der Waals surface area contributed by atoms with E-state index in [9.17, 15) is 4.79 Å². The average molecular weight is 406 g/mol. The zero-order chi connectivity index (χ0) is 19.9. The van der Waals surface area contributed by atoms with Crippen molar-refractivity contribution in [3.8, 4) is 0 Å². The molecule has 148 valence electrons.